The van der Waals surface area contributed by atoms with Gasteiger partial charge in [0, 0.05) is 26.3 Å². The summed E-state index contributed by atoms with van der Waals surface area (Å²) in [7, 11) is -1.73. The van der Waals surface area contributed by atoms with Crippen LogP contribution < -0.4 is 4.72 Å². The highest BCUT2D eigenvalue weighted by atomic mass is 32.2. The van der Waals surface area contributed by atoms with Crippen molar-refractivity contribution in [2.75, 3.05) is 13.1 Å². The lowest BCUT2D eigenvalue weighted by atomic mass is 10.2. The Morgan fingerprint density at radius 3 is 2.65 bits per heavy atom. The number of hydrogen-bond donors (Lipinski definition) is 1. The lowest BCUT2D eigenvalue weighted by molar-refractivity contribution is 0.369. The average molecular weight is 340 g/mol. The van der Waals surface area contributed by atoms with Crippen LogP contribution in [0.2, 0.25) is 0 Å². The first-order valence-electron chi connectivity index (χ1n) is 7.61. The molecule has 1 aliphatic heterocycles. The SMILES string of the molecule is Cn1cc(-c2noc(CNS(=O)(=O)N3CCCCCC3)n2)cn1. The van der Waals surface area contributed by atoms with Crippen molar-refractivity contribution in [2.45, 2.75) is 32.2 Å². The fourth-order valence-corrected chi connectivity index (χ4v) is 3.73. The first-order valence-corrected chi connectivity index (χ1v) is 9.05. The largest absolute Gasteiger partial charge is 0.338 e. The molecule has 0 amide bonds. The molecule has 126 valence electrons. The van der Waals surface area contributed by atoms with Crippen LogP contribution >= 0.6 is 0 Å². The van der Waals surface area contributed by atoms with Gasteiger partial charge in [0.1, 0.15) is 0 Å². The molecular formula is C13H20N6O3S. The Morgan fingerprint density at radius 1 is 1.26 bits per heavy atom. The molecule has 2 aromatic rings. The Kier molecular flexibility index (Phi) is 4.74. The summed E-state index contributed by atoms with van der Waals surface area (Å²) in [5, 5.41) is 7.87. The zero-order valence-electron chi connectivity index (χ0n) is 13.0. The molecule has 0 bridgehead atoms. The number of nitrogens with zero attached hydrogens (tertiary/aromatic N) is 5. The van der Waals surface area contributed by atoms with Crippen molar-refractivity contribution in [3.63, 3.8) is 0 Å². The fraction of sp³-hybridized carbons (Fsp3) is 0.615. The van der Waals surface area contributed by atoms with Crippen LogP contribution in [0.25, 0.3) is 11.4 Å². The third-order valence-electron chi connectivity index (χ3n) is 3.74. The van der Waals surface area contributed by atoms with Gasteiger partial charge in [0.2, 0.25) is 11.7 Å². The molecule has 0 saturated carbocycles. The van der Waals surface area contributed by atoms with E-state index in [1.165, 1.54) is 4.31 Å². The highest BCUT2D eigenvalue weighted by Crippen LogP contribution is 2.15. The Bertz CT molecular complexity index is 745. The molecule has 3 rings (SSSR count). The third-order valence-corrected chi connectivity index (χ3v) is 5.30. The van der Waals surface area contributed by atoms with Crippen LogP contribution in [0.4, 0.5) is 0 Å². The second-order valence-electron chi connectivity index (χ2n) is 5.55. The van der Waals surface area contributed by atoms with Crippen molar-refractivity contribution in [1.29, 1.82) is 0 Å². The molecule has 0 radical (unpaired) electrons. The van der Waals surface area contributed by atoms with Gasteiger partial charge >= 0.3 is 0 Å². The summed E-state index contributed by atoms with van der Waals surface area (Å²) in [5.41, 5.74) is 0.720. The van der Waals surface area contributed by atoms with Gasteiger partial charge in [0.05, 0.1) is 18.3 Å². The van der Waals surface area contributed by atoms with Crippen molar-refractivity contribution < 1.29 is 12.9 Å². The highest BCUT2D eigenvalue weighted by Gasteiger charge is 2.23. The number of nitrogens with one attached hydrogen (secondary N) is 1. The smallest absolute Gasteiger partial charge is 0.279 e. The predicted octanol–water partition coefficient (Wildman–Crippen LogP) is 0.680. The zero-order valence-corrected chi connectivity index (χ0v) is 13.8. The van der Waals surface area contributed by atoms with Crippen LogP contribution in [0.3, 0.4) is 0 Å². The second-order valence-corrected chi connectivity index (χ2v) is 7.31. The van der Waals surface area contributed by atoms with Crippen LogP contribution in [0.1, 0.15) is 31.6 Å². The molecule has 0 spiro atoms. The maximum Gasteiger partial charge on any atom is 0.279 e. The molecule has 23 heavy (non-hydrogen) atoms. The van der Waals surface area contributed by atoms with Crippen molar-refractivity contribution in [1.82, 2.24) is 28.9 Å². The van der Waals surface area contributed by atoms with Gasteiger partial charge in [-0.25, -0.2) is 0 Å². The van der Waals surface area contributed by atoms with E-state index in [1.807, 2.05) is 0 Å². The molecule has 0 unspecified atom stereocenters. The van der Waals surface area contributed by atoms with Gasteiger partial charge < -0.3 is 4.52 Å². The molecule has 1 fully saturated rings. The quantitative estimate of drug-likeness (QED) is 0.858. The summed E-state index contributed by atoms with van der Waals surface area (Å²) < 4.78 is 35.3. The minimum Gasteiger partial charge on any atom is -0.338 e. The Labute approximate surface area is 134 Å². The molecular weight excluding hydrogens is 320 g/mol. The van der Waals surface area contributed by atoms with Crippen LogP contribution in [0.5, 0.6) is 0 Å². The van der Waals surface area contributed by atoms with E-state index in [1.54, 1.807) is 24.1 Å². The van der Waals surface area contributed by atoms with Gasteiger partial charge in [0.25, 0.3) is 10.2 Å². The maximum atomic E-state index is 12.3. The van der Waals surface area contributed by atoms with Crippen molar-refractivity contribution in [3.05, 3.63) is 18.3 Å². The van der Waals surface area contributed by atoms with E-state index in [-0.39, 0.29) is 12.4 Å². The zero-order chi connectivity index (χ0) is 16.3. The third kappa shape index (κ3) is 3.95. The van der Waals surface area contributed by atoms with Crippen LogP contribution in [0, 0.1) is 0 Å². The lowest BCUT2D eigenvalue weighted by Gasteiger charge is -2.19. The summed E-state index contributed by atoms with van der Waals surface area (Å²) in [6, 6.07) is 0. The van der Waals surface area contributed by atoms with Crippen LogP contribution in [-0.4, -0.2) is 45.7 Å². The summed E-state index contributed by atoms with van der Waals surface area (Å²) >= 11 is 0. The summed E-state index contributed by atoms with van der Waals surface area (Å²) in [5.74, 6) is 0.615. The van der Waals surface area contributed by atoms with Crippen molar-refractivity contribution >= 4 is 10.2 Å². The molecule has 0 atom stereocenters. The molecule has 10 heteroatoms. The standard InChI is InChI=1S/C13H20N6O3S/c1-18-10-11(8-14-18)13-16-12(22-17-13)9-15-23(20,21)19-6-4-2-3-5-7-19/h8,10,15H,2-7,9H2,1H3. The molecule has 9 nitrogen and oxygen atoms in total. The fourth-order valence-electron chi connectivity index (χ4n) is 2.51. The number of rotatable bonds is 5. The minimum atomic E-state index is -3.52. The van der Waals surface area contributed by atoms with Gasteiger partial charge in [-0.15, -0.1) is 0 Å². The van der Waals surface area contributed by atoms with Gasteiger partial charge in [-0.2, -0.15) is 27.5 Å². The lowest BCUT2D eigenvalue weighted by Crippen LogP contribution is -2.40. The average Bonchev–Trinajstić information content (AvgIpc) is 3.06. The van der Waals surface area contributed by atoms with E-state index >= 15 is 0 Å². The molecule has 0 aliphatic carbocycles. The van der Waals surface area contributed by atoms with Crippen molar-refractivity contribution in [2.24, 2.45) is 7.05 Å². The van der Waals surface area contributed by atoms with E-state index in [2.05, 4.69) is 20.0 Å². The van der Waals surface area contributed by atoms with E-state index in [9.17, 15) is 8.42 Å². The number of hydrogen-bond acceptors (Lipinski definition) is 6. The number of aryl methyl sites for hydroxylation is 1. The van der Waals surface area contributed by atoms with Gasteiger partial charge in [-0.05, 0) is 12.8 Å². The molecule has 3 heterocycles. The van der Waals surface area contributed by atoms with Gasteiger partial charge in [-0.1, -0.05) is 18.0 Å². The molecule has 0 aromatic carbocycles. The maximum absolute atomic E-state index is 12.3. The minimum absolute atomic E-state index is 0.0217. The van der Waals surface area contributed by atoms with E-state index in [0.717, 1.165) is 31.2 Å². The molecule has 1 N–H and O–H groups in total. The Morgan fingerprint density at radius 2 is 2.00 bits per heavy atom. The number of aromatic nitrogens is 4. The van der Waals surface area contributed by atoms with E-state index < -0.39 is 10.2 Å². The van der Waals surface area contributed by atoms with Crippen molar-refractivity contribution in [3.8, 4) is 11.4 Å². The molecule has 1 saturated heterocycles. The Hall–Kier alpha value is -1.78. The second kappa shape index (κ2) is 6.77. The Balaban J connectivity index is 1.62. The first-order chi connectivity index (χ1) is 11.0. The van der Waals surface area contributed by atoms with Gasteiger partial charge in [-0.3, -0.25) is 4.68 Å². The predicted molar refractivity (Wildman–Crippen MR) is 82.3 cm³/mol. The monoisotopic (exact) mass is 340 g/mol. The molecule has 1 aliphatic rings. The first kappa shape index (κ1) is 16.1. The normalized spacial score (nSPS) is 17.3. The summed E-state index contributed by atoms with van der Waals surface area (Å²) in [4.78, 5) is 4.18. The van der Waals surface area contributed by atoms with E-state index in [0.29, 0.717) is 18.9 Å². The van der Waals surface area contributed by atoms with Crippen LogP contribution in [-0.2, 0) is 23.8 Å². The van der Waals surface area contributed by atoms with Gasteiger partial charge in [0.15, 0.2) is 0 Å². The molecule has 2 aromatic heterocycles. The highest BCUT2D eigenvalue weighted by molar-refractivity contribution is 7.87. The summed E-state index contributed by atoms with van der Waals surface area (Å²) in [6.07, 6.45) is 7.32. The van der Waals surface area contributed by atoms with E-state index in [4.69, 9.17) is 4.52 Å². The topological polar surface area (TPSA) is 106 Å². The summed E-state index contributed by atoms with van der Waals surface area (Å²) in [6.45, 7) is 1.09. The van der Waals surface area contributed by atoms with Crippen LogP contribution in [0.15, 0.2) is 16.9 Å².